The first-order chi connectivity index (χ1) is 13.0. The number of methoxy groups -OCH3 is 1. The number of hydrogen-bond acceptors (Lipinski definition) is 4. The first-order valence-electron chi connectivity index (χ1n) is 9.22. The fraction of sp³-hybridized carbons (Fsp3) is 0.450. The van der Waals surface area contributed by atoms with Crippen LogP contribution in [0.2, 0.25) is 0 Å². The third kappa shape index (κ3) is 4.30. The molecule has 7 nitrogen and oxygen atoms in total. The molecule has 144 valence electrons. The molecule has 0 unspecified atom stereocenters. The minimum Gasteiger partial charge on any atom is -0.495 e. The molecule has 0 bridgehead atoms. The van der Waals surface area contributed by atoms with Gasteiger partial charge in [0, 0.05) is 31.7 Å². The normalized spacial score (nSPS) is 14.6. The molecule has 0 N–H and O–H groups in total. The zero-order valence-corrected chi connectivity index (χ0v) is 16.1. The van der Waals surface area contributed by atoms with Crippen LogP contribution in [0.5, 0.6) is 5.75 Å². The highest BCUT2D eigenvalue weighted by Crippen LogP contribution is 2.28. The zero-order valence-electron chi connectivity index (χ0n) is 16.1. The summed E-state index contributed by atoms with van der Waals surface area (Å²) in [5.74, 6) is 0.595. The summed E-state index contributed by atoms with van der Waals surface area (Å²) < 4.78 is 7.27. The van der Waals surface area contributed by atoms with Gasteiger partial charge in [-0.15, -0.1) is 0 Å². The van der Waals surface area contributed by atoms with Crippen molar-refractivity contribution in [1.82, 2.24) is 14.7 Å². The number of aryl methyl sites for hydroxylation is 3. The van der Waals surface area contributed by atoms with Crippen LogP contribution in [-0.4, -0.2) is 53.2 Å². The van der Waals surface area contributed by atoms with Gasteiger partial charge in [0.25, 0.3) is 0 Å². The molecular formula is C20H26N4O3. The van der Waals surface area contributed by atoms with Gasteiger partial charge in [0.05, 0.1) is 18.5 Å². The van der Waals surface area contributed by atoms with Crippen molar-refractivity contribution in [1.29, 1.82) is 0 Å². The van der Waals surface area contributed by atoms with Gasteiger partial charge >= 0.3 is 0 Å². The van der Waals surface area contributed by atoms with Crippen LogP contribution >= 0.6 is 0 Å². The Labute approximate surface area is 159 Å². The van der Waals surface area contributed by atoms with Gasteiger partial charge in [-0.3, -0.25) is 14.3 Å². The number of amides is 2. The van der Waals surface area contributed by atoms with Gasteiger partial charge in [-0.1, -0.05) is 12.1 Å². The van der Waals surface area contributed by atoms with Gasteiger partial charge in [-0.25, -0.2) is 0 Å². The Morgan fingerprint density at radius 1 is 1.22 bits per heavy atom. The van der Waals surface area contributed by atoms with E-state index in [2.05, 4.69) is 5.10 Å². The van der Waals surface area contributed by atoms with Crippen molar-refractivity contribution >= 4 is 17.5 Å². The number of anilines is 1. The molecule has 2 amide bonds. The molecule has 1 aromatic heterocycles. The van der Waals surface area contributed by atoms with E-state index in [1.807, 2.05) is 48.9 Å². The molecule has 2 aromatic rings. The maximum atomic E-state index is 12.6. The van der Waals surface area contributed by atoms with E-state index in [0.717, 1.165) is 17.1 Å². The monoisotopic (exact) mass is 370 g/mol. The molecule has 1 aliphatic rings. The highest BCUT2D eigenvalue weighted by atomic mass is 16.5. The molecule has 1 aliphatic heterocycles. The van der Waals surface area contributed by atoms with Gasteiger partial charge in [0.2, 0.25) is 11.8 Å². The minimum atomic E-state index is -0.0855. The largest absolute Gasteiger partial charge is 0.495 e. The summed E-state index contributed by atoms with van der Waals surface area (Å²) in [5, 5.41) is 4.41. The number of aromatic nitrogens is 2. The summed E-state index contributed by atoms with van der Waals surface area (Å²) in [6, 6.07) is 9.47. The standard InChI is InChI=1S/C20H26N4O3/c1-15-13-16(2)24(21-15)10-6-9-19(25)22-11-12-23(20(26)14-22)17-7-4-5-8-18(17)27-3/h4-5,7-8,13H,6,9-12,14H2,1-3H3. The molecule has 3 rings (SSSR count). The predicted molar refractivity (Wildman–Crippen MR) is 103 cm³/mol. The van der Waals surface area contributed by atoms with Crippen LogP contribution in [0.25, 0.3) is 0 Å². The Balaban J connectivity index is 1.53. The van der Waals surface area contributed by atoms with Crippen LogP contribution < -0.4 is 9.64 Å². The van der Waals surface area contributed by atoms with E-state index in [1.165, 1.54) is 0 Å². The van der Waals surface area contributed by atoms with E-state index in [0.29, 0.717) is 38.2 Å². The van der Waals surface area contributed by atoms with Crippen molar-refractivity contribution in [2.24, 2.45) is 0 Å². The average molecular weight is 370 g/mol. The predicted octanol–water partition coefficient (Wildman–Crippen LogP) is 2.16. The summed E-state index contributed by atoms with van der Waals surface area (Å²) in [6.45, 7) is 5.79. The van der Waals surface area contributed by atoms with Gasteiger partial charge in [-0.2, -0.15) is 5.10 Å². The number of piperazine rings is 1. The summed E-state index contributed by atoms with van der Waals surface area (Å²) in [5.41, 5.74) is 2.83. The maximum absolute atomic E-state index is 12.6. The summed E-state index contributed by atoms with van der Waals surface area (Å²) in [4.78, 5) is 28.4. The highest BCUT2D eigenvalue weighted by Gasteiger charge is 2.29. The molecule has 1 fully saturated rings. The van der Waals surface area contributed by atoms with E-state index >= 15 is 0 Å². The van der Waals surface area contributed by atoms with Crippen LogP contribution in [0.4, 0.5) is 5.69 Å². The Bertz CT molecular complexity index is 830. The van der Waals surface area contributed by atoms with E-state index in [-0.39, 0.29) is 18.4 Å². The fourth-order valence-corrected chi connectivity index (χ4v) is 3.43. The van der Waals surface area contributed by atoms with E-state index < -0.39 is 0 Å². The van der Waals surface area contributed by atoms with Gasteiger partial charge < -0.3 is 14.5 Å². The molecule has 0 saturated carbocycles. The van der Waals surface area contributed by atoms with Crippen molar-refractivity contribution < 1.29 is 14.3 Å². The third-order valence-electron chi connectivity index (χ3n) is 4.81. The Morgan fingerprint density at radius 2 is 2.00 bits per heavy atom. The second kappa shape index (κ2) is 8.24. The number of benzene rings is 1. The number of nitrogens with zero attached hydrogens (tertiary/aromatic N) is 4. The third-order valence-corrected chi connectivity index (χ3v) is 4.81. The Morgan fingerprint density at radius 3 is 2.67 bits per heavy atom. The summed E-state index contributed by atoms with van der Waals surface area (Å²) in [6.07, 6.45) is 1.13. The molecule has 1 saturated heterocycles. The Kier molecular flexibility index (Phi) is 5.78. The molecule has 7 heteroatoms. The zero-order chi connectivity index (χ0) is 19.4. The number of carbonyl (C=O) groups excluding carboxylic acids is 2. The molecule has 1 aromatic carbocycles. The molecule has 0 aliphatic carbocycles. The lowest BCUT2D eigenvalue weighted by molar-refractivity contribution is -0.137. The molecule has 0 radical (unpaired) electrons. The van der Waals surface area contributed by atoms with Crippen molar-refractivity contribution in [3.63, 3.8) is 0 Å². The molecule has 2 heterocycles. The quantitative estimate of drug-likeness (QED) is 0.782. The summed E-state index contributed by atoms with van der Waals surface area (Å²) >= 11 is 0. The topological polar surface area (TPSA) is 67.7 Å². The molecule has 0 atom stereocenters. The summed E-state index contributed by atoms with van der Waals surface area (Å²) in [7, 11) is 1.59. The number of hydrogen-bond donors (Lipinski definition) is 0. The van der Waals surface area contributed by atoms with Crippen molar-refractivity contribution in [3.05, 3.63) is 41.7 Å². The van der Waals surface area contributed by atoms with Crippen LogP contribution in [0, 0.1) is 13.8 Å². The van der Waals surface area contributed by atoms with E-state index in [1.54, 1.807) is 16.9 Å². The number of ether oxygens (including phenoxy) is 1. The van der Waals surface area contributed by atoms with Crippen molar-refractivity contribution in [2.75, 3.05) is 31.6 Å². The fourth-order valence-electron chi connectivity index (χ4n) is 3.43. The van der Waals surface area contributed by atoms with Crippen LogP contribution in [0.3, 0.4) is 0 Å². The minimum absolute atomic E-state index is 0.0181. The molecule has 27 heavy (non-hydrogen) atoms. The molecular weight excluding hydrogens is 344 g/mol. The van der Waals surface area contributed by atoms with E-state index in [4.69, 9.17) is 4.74 Å². The lowest BCUT2D eigenvalue weighted by Gasteiger charge is -2.35. The second-order valence-electron chi connectivity index (χ2n) is 6.79. The van der Waals surface area contributed by atoms with Gasteiger partial charge in [0.1, 0.15) is 12.3 Å². The molecule has 0 spiro atoms. The SMILES string of the molecule is COc1ccccc1N1CCN(C(=O)CCCn2nc(C)cc2C)CC1=O. The van der Waals surface area contributed by atoms with Crippen molar-refractivity contribution in [2.45, 2.75) is 33.2 Å². The van der Waals surface area contributed by atoms with Crippen LogP contribution in [0.1, 0.15) is 24.2 Å². The lowest BCUT2D eigenvalue weighted by Crippen LogP contribution is -2.52. The van der Waals surface area contributed by atoms with Gasteiger partial charge in [-0.05, 0) is 38.5 Å². The van der Waals surface area contributed by atoms with Crippen LogP contribution in [-0.2, 0) is 16.1 Å². The average Bonchev–Trinajstić information content (AvgIpc) is 2.98. The first-order valence-corrected chi connectivity index (χ1v) is 9.22. The number of rotatable bonds is 6. The van der Waals surface area contributed by atoms with Crippen LogP contribution in [0.15, 0.2) is 30.3 Å². The lowest BCUT2D eigenvalue weighted by atomic mass is 10.2. The first kappa shape index (κ1) is 18.9. The number of carbonyl (C=O) groups is 2. The van der Waals surface area contributed by atoms with E-state index in [9.17, 15) is 9.59 Å². The maximum Gasteiger partial charge on any atom is 0.246 e. The Hall–Kier alpha value is -2.83. The smallest absolute Gasteiger partial charge is 0.246 e. The number of para-hydroxylation sites is 2. The second-order valence-corrected chi connectivity index (χ2v) is 6.79. The van der Waals surface area contributed by atoms with Crippen molar-refractivity contribution in [3.8, 4) is 5.75 Å². The van der Waals surface area contributed by atoms with Gasteiger partial charge in [0.15, 0.2) is 0 Å². The highest BCUT2D eigenvalue weighted by molar-refractivity contribution is 5.99.